The summed E-state index contributed by atoms with van der Waals surface area (Å²) in [4.78, 5) is 0. The first-order valence-corrected chi connectivity index (χ1v) is 12.3. The molecule has 7 rings (SSSR count). The summed E-state index contributed by atoms with van der Waals surface area (Å²) in [6.45, 7) is 4.66. The zero-order chi connectivity index (χ0) is 23.5. The molecule has 0 unspecified atom stereocenters. The van der Waals surface area contributed by atoms with Crippen LogP contribution in [0.4, 0.5) is 0 Å². The van der Waals surface area contributed by atoms with E-state index in [0.717, 1.165) is 0 Å². The molecule has 0 spiro atoms. The van der Waals surface area contributed by atoms with Crippen molar-refractivity contribution in [3.05, 3.63) is 121 Å². The summed E-state index contributed by atoms with van der Waals surface area (Å²) in [5.41, 5.74) is 8.82. The molecule has 0 atom stereocenters. The molecule has 0 radical (unpaired) electrons. The van der Waals surface area contributed by atoms with Crippen LogP contribution >= 0.6 is 0 Å². The van der Waals surface area contributed by atoms with Crippen LogP contribution < -0.4 is 0 Å². The third kappa shape index (κ3) is 2.83. The van der Waals surface area contributed by atoms with E-state index in [1.165, 1.54) is 60.5 Å². The lowest BCUT2D eigenvalue weighted by molar-refractivity contribution is 0.886. The highest BCUT2D eigenvalue weighted by Crippen LogP contribution is 2.45. The SMILES string of the molecule is CC(C)c1c2c3ccccc3n(-c3ccccc3)c2cc2c1c1ccccc1n2-c1ccccc1. The zero-order valence-electron chi connectivity index (χ0n) is 19.9. The van der Waals surface area contributed by atoms with Gasteiger partial charge in [-0.25, -0.2) is 0 Å². The van der Waals surface area contributed by atoms with Crippen molar-refractivity contribution in [2.75, 3.05) is 0 Å². The fraction of sp³-hybridized carbons (Fsp3) is 0.0909. The number of hydrogen-bond acceptors (Lipinski definition) is 0. The van der Waals surface area contributed by atoms with Gasteiger partial charge in [0.25, 0.3) is 0 Å². The maximum Gasteiger partial charge on any atom is 0.0565 e. The van der Waals surface area contributed by atoms with Gasteiger partial charge in [-0.2, -0.15) is 0 Å². The molecule has 0 saturated heterocycles. The summed E-state index contributed by atoms with van der Waals surface area (Å²) >= 11 is 0. The smallest absolute Gasteiger partial charge is 0.0565 e. The molecule has 35 heavy (non-hydrogen) atoms. The lowest BCUT2D eigenvalue weighted by Gasteiger charge is -2.14. The molecule has 2 aromatic heterocycles. The van der Waals surface area contributed by atoms with Gasteiger partial charge in [0.05, 0.1) is 22.1 Å². The highest BCUT2D eigenvalue weighted by atomic mass is 15.0. The van der Waals surface area contributed by atoms with Crippen LogP contribution in [-0.2, 0) is 0 Å². The summed E-state index contributed by atoms with van der Waals surface area (Å²) in [7, 11) is 0. The third-order valence-electron chi connectivity index (χ3n) is 7.24. The predicted molar refractivity (Wildman–Crippen MR) is 149 cm³/mol. The van der Waals surface area contributed by atoms with Crippen LogP contribution in [0.2, 0.25) is 0 Å². The van der Waals surface area contributed by atoms with Crippen molar-refractivity contribution in [3.8, 4) is 11.4 Å². The van der Waals surface area contributed by atoms with Gasteiger partial charge in [-0.1, -0.05) is 86.6 Å². The Hall–Kier alpha value is -4.30. The van der Waals surface area contributed by atoms with Gasteiger partial charge in [-0.3, -0.25) is 0 Å². The minimum Gasteiger partial charge on any atom is -0.309 e. The maximum absolute atomic E-state index is 2.43. The second-order valence-electron chi connectivity index (χ2n) is 9.61. The Labute approximate surface area is 204 Å². The van der Waals surface area contributed by atoms with Gasteiger partial charge in [-0.05, 0) is 53.9 Å². The first-order chi connectivity index (χ1) is 17.2. The van der Waals surface area contributed by atoms with Crippen LogP contribution in [0.15, 0.2) is 115 Å². The van der Waals surface area contributed by atoms with Crippen molar-refractivity contribution in [3.63, 3.8) is 0 Å². The zero-order valence-corrected chi connectivity index (χ0v) is 19.9. The number of aromatic nitrogens is 2. The predicted octanol–water partition coefficient (Wildman–Crippen LogP) is 9.00. The average Bonchev–Trinajstić information content (AvgIpc) is 3.41. The molecule has 0 aliphatic carbocycles. The molecule has 0 aliphatic heterocycles. The van der Waals surface area contributed by atoms with E-state index >= 15 is 0 Å². The van der Waals surface area contributed by atoms with E-state index in [2.05, 4.69) is 138 Å². The molecule has 2 nitrogen and oxygen atoms in total. The summed E-state index contributed by atoms with van der Waals surface area (Å²) < 4.78 is 4.87. The van der Waals surface area contributed by atoms with E-state index in [0.29, 0.717) is 5.92 Å². The second-order valence-corrected chi connectivity index (χ2v) is 9.61. The van der Waals surface area contributed by atoms with Gasteiger partial charge in [0.1, 0.15) is 0 Å². The van der Waals surface area contributed by atoms with Crippen molar-refractivity contribution in [1.82, 2.24) is 9.13 Å². The van der Waals surface area contributed by atoms with E-state index in [4.69, 9.17) is 0 Å². The van der Waals surface area contributed by atoms with Crippen molar-refractivity contribution >= 4 is 43.6 Å². The molecule has 168 valence electrons. The molecule has 0 N–H and O–H groups in total. The van der Waals surface area contributed by atoms with Gasteiger partial charge >= 0.3 is 0 Å². The van der Waals surface area contributed by atoms with Crippen LogP contribution in [-0.4, -0.2) is 9.13 Å². The Kier molecular flexibility index (Phi) is 4.37. The highest BCUT2D eigenvalue weighted by molar-refractivity contribution is 6.22. The summed E-state index contributed by atoms with van der Waals surface area (Å²) in [5.74, 6) is 0.367. The molecule has 0 fully saturated rings. The maximum atomic E-state index is 2.43. The van der Waals surface area contributed by atoms with Crippen molar-refractivity contribution in [1.29, 1.82) is 0 Å². The Morgan fingerprint density at radius 1 is 0.457 bits per heavy atom. The minimum atomic E-state index is 0.367. The normalized spacial score (nSPS) is 12.0. The summed E-state index contributed by atoms with van der Waals surface area (Å²) in [6.07, 6.45) is 0. The lowest BCUT2D eigenvalue weighted by atomic mass is 9.92. The molecule has 7 aromatic rings. The Morgan fingerprint density at radius 3 is 1.29 bits per heavy atom. The van der Waals surface area contributed by atoms with Crippen LogP contribution in [0.25, 0.3) is 55.0 Å². The summed E-state index contributed by atoms with van der Waals surface area (Å²) in [6, 6.07) is 41.6. The van der Waals surface area contributed by atoms with Gasteiger partial charge in [0.2, 0.25) is 0 Å². The second kappa shape index (κ2) is 7.61. The monoisotopic (exact) mass is 450 g/mol. The lowest BCUT2D eigenvalue weighted by Crippen LogP contribution is -1.97. The van der Waals surface area contributed by atoms with Gasteiger partial charge in [0, 0.05) is 32.9 Å². The van der Waals surface area contributed by atoms with E-state index in [1.54, 1.807) is 0 Å². The molecule has 0 bridgehead atoms. The van der Waals surface area contributed by atoms with E-state index < -0.39 is 0 Å². The minimum absolute atomic E-state index is 0.367. The standard InChI is InChI=1S/C33H26N2/c1-22(2)31-32-25-17-9-11-19-27(25)34(23-13-5-3-6-14-23)29(32)21-30-33(31)26-18-10-12-20-28(26)35(30)24-15-7-4-8-16-24/h3-22H,1-2H3. The molecule has 2 heterocycles. The van der Waals surface area contributed by atoms with Crippen LogP contribution in [0.5, 0.6) is 0 Å². The Balaban J connectivity index is 1.79. The van der Waals surface area contributed by atoms with Gasteiger partial charge in [0.15, 0.2) is 0 Å². The molecule has 0 aliphatic rings. The number of rotatable bonds is 3. The van der Waals surface area contributed by atoms with Crippen LogP contribution in [0.1, 0.15) is 25.3 Å². The molecule has 0 amide bonds. The Bertz CT molecular complexity index is 1720. The topological polar surface area (TPSA) is 9.86 Å². The van der Waals surface area contributed by atoms with Crippen LogP contribution in [0, 0.1) is 0 Å². The molecular formula is C33H26N2. The van der Waals surface area contributed by atoms with Crippen molar-refractivity contribution in [2.24, 2.45) is 0 Å². The fourth-order valence-corrected chi connectivity index (χ4v) is 5.90. The van der Waals surface area contributed by atoms with Gasteiger partial charge < -0.3 is 9.13 Å². The first-order valence-electron chi connectivity index (χ1n) is 12.3. The van der Waals surface area contributed by atoms with E-state index in [9.17, 15) is 0 Å². The molecule has 5 aromatic carbocycles. The average molecular weight is 451 g/mol. The van der Waals surface area contributed by atoms with Gasteiger partial charge in [-0.15, -0.1) is 0 Å². The van der Waals surface area contributed by atoms with E-state index in [-0.39, 0.29) is 0 Å². The molecule has 2 heteroatoms. The van der Waals surface area contributed by atoms with E-state index in [1.807, 2.05) is 0 Å². The number of fused-ring (bicyclic) bond motifs is 6. The van der Waals surface area contributed by atoms with Crippen molar-refractivity contribution in [2.45, 2.75) is 19.8 Å². The van der Waals surface area contributed by atoms with Crippen LogP contribution in [0.3, 0.4) is 0 Å². The first kappa shape index (κ1) is 20.1. The number of nitrogens with zero attached hydrogens (tertiary/aromatic N) is 2. The fourth-order valence-electron chi connectivity index (χ4n) is 5.90. The third-order valence-corrected chi connectivity index (χ3v) is 7.24. The summed E-state index contributed by atoms with van der Waals surface area (Å²) in [5, 5.41) is 5.35. The molecular weight excluding hydrogens is 424 g/mol. The Morgan fingerprint density at radius 2 is 0.857 bits per heavy atom. The van der Waals surface area contributed by atoms with Crippen molar-refractivity contribution < 1.29 is 0 Å². The largest absolute Gasteiger partial charge is 0.309 e. The number of hydrogen-bond donors (Lipinski definition) is 0. The number of benzene rings is 5. The quantitative estimate of drug-likeness (QED) is 0.254. The molecule has 0 saturated carbocycles. The highest BCUT2D eigenvalue weighted by Gasteiger charge is 2.23. The number of para-hydroxylation sites is 4.